The van der Waals surface area contributed by atoms with Crippen LogP contribution < -0.4 is 25.8 Å². The summed E-state index contributed by atoms with van der Waals surface area (Å²) in [4.78, 5) is 55.5. The third-order valence-electron chi connectivity index (χ3n) is 9.28. The second-order valence-corrected chi connectivity index (χ2v) is 13.5. The third kappa shape index (κ3) is 10.9. The number of rotatable bonds is 12. The number of ether oxygens (including phenoxy) is 2. The zero-order chi connectivity index (χ0) is 38.5. The van der Waals surface area contributed by atoms with Crippen molar-refractivity contribution in [3.05, 3.63) is 107 Å². The highest BCUT2D eigenvalue weighted by atomic mass is 16.5. The average molecular weight is 725 g/mol. The monoisotopic (exact) mass is 724 g/mol. The summed E-state index contributed by atoms with van der Waals surface area (Å²) in [6, 6.07) is 24.5. The molecule has 2 heterocycles. The Hall–Kier alpha value is -5.65. The molecule has 3 aromatic carbocycles. The van der Waals surface area contributed by atoms with Gasteiger partial charge in [0, 0.05) is 38.8 Å². The molecule has 12 heteroatoms. The molecule has 0 aliphatic carbocycles. The maximum atomic E-state index is 13.6. The van der Waals surface area contributed by atoms with Crippen molar-refractivity contribution in [1.29, 1.82) is 5.41 Å². The number of carbonyl (C=O) groups is 4. The minimum Gasteiger partial charge on any atom is -0.493 e. The highest BCUT2D eigenvalue weighted by Gasteiger charge is 2.48. The van der Waals surface area contributed by atoms with E-state index in [1.807, 2.05) is 19.9 Å². The Morgan fingerprint density at radius 1 is 0.906 bits per heavy atom. The van der Waals surface area contributed by atoms with Gasteiger partial charge in [0.25, 0.3) is 11.8 Å². The topological polar surface area (TPSA) is 167 Å². The second kappa shape index (κ2) is 19.3. The molecule has 3 unspecified atom stereocenters. The van der Waals surface area contributed by atoms with Crippen LogP contribution in [-0.4, -0.2) is 92.1 Å². The lowest BCUT2D eigenvalue weighted by Crippen LogP contribution is -2.54. The van der Waals surface area contributed by atoms with Crippen LogP contribution >= 0.6 is 0 Å². The molecule has 5 N–H and O–H groups in total. The molecule has 3 aromatic rings. The lowest BCUT2D eigenvalue weighted by atomic mass is 9.79. The Morgan fingerprint density at radius 2 is 1.57 bits per heavy atom. The zero-order valence-electron chi connectivity index (χ0n) is 31.3. The number of nitrogens with two attached hydrogens (primary N) is 1. The van der Waals surface area contributed by atoms with E-state index in [0.29, 0.717) is 35.7 Å². The summed E-state index contributed by atoms with van der Waals surface area (Å²) in [5.74, 6) is -1.63. The Balaban J connectivity index is 0.000000608. The first-order chi connectivity index (χ1) is 25.4. The van der Waals surface area contributed by atoms with Crippen LogP contribution in [0, 0.1) is 23.2 Å². The number of benzene rings is 3. The summed E-state index contributed by atoms with van der Waals surface area (Å²) in [6.07, 6.45) is 3.69. The summed E-state index contributed by atoms with van der Waals surface area (Å²) >= 11 is 0. The molecule has 0 saturated carbocycles. The molecule has 2 saturated heterocycles. The Morgan fingerprint density at radius 3 is 2.19 bits per heavy atom. The van der Waals surface area contributed by atoms with Crippen molar-refractivity contribution in [2.75, 3.05) is 46.9 Å². The molecule has 2 fully saturated rings. The third-order valence-corrected chi connectivity index (χ3v) is 9.28. The highest BCUT2D eigenvalue weighted by molar-refractivity contribution is 6.10. The van der Waals surface area contributed by atoms with Gasteiger partial charge in [-0.15, -0.1) is 0 Å². The number of methoxy groups -OCH3 is 1. The van der Waals surface area contributed by atoms with Gasteiger partial charge in [0.15, 0.2) is 11.5 Å². The van der Waals surface area contributed by atoms with Crippen LogP contribution in [0.5, 0.6) is 11.5 Å². The molecule has 2 aliphatic heterocycles. The van der Waals surface area contributed by atoms with E-state index < -0.39 is 11.8 Å². The smallest absolute Gasteiger partial charge is 0.269 e. The minimum atomic E-state index is -0.683. The summed E-state index contributed by atoms with van der Waals surface area (Å²) in [7, 11) is 2.99. The first-order valence-corrected chi connectivity index (χ1v) is 18.0. The lowest BCUT2D eigenvalue weighted by molar-refractivity contribution is -0.137. The standard InChI is InChI=1S/C32H40N6O6.C9H12/c1-19(2)44-27-11-10-21(12-28(27)43-4)31(41)37-15-22-16-38(18-24(23(22)17-37)30(40)36-14-29(39)35-3)32(42)26(34)13-25(33)20-8-6-5-7-9-20;1-2-6-9-7-4-3-5-8-9/h5-13,19,22-24,33H,14-18,34H2,1-4H3,(H,35,39)(H,36,40);3-5,7-8H,2,6H2,1H3/b26-13-,33-25?;. The molecule has 0 spiro atoms. The van der Waals surface area contributed by atoms with E-state index in [1.54, 1.807) is 47.4 Å². The summed E-state index contributed by atoms with van der Waals surface area (Å²) in [6.45, 7) is 6.76. The number of fused-ring (bicyclic) bond motifs is 1. The number of aryl methyl sites for hydroxylation is 1. The number of piperidine rings is 1. The van der Waals surface area contributed by atoms with Crippen LogP contribution in [-0.2, 0) is 20.8 Å². The number of nitrogens with zero attached hydrogens (tertiary/aromatic N) is 2. The molecule has 3 atom stereocenters. The van der Waals surface area contributed by atoms with Crippen molar-refractivity contribution < 1.29 is 28.7 Å². The summed E-state index contributed by atoms with van der Waals surface area (Å²) < 4.78 is 11.2. The highest BCUT2D eigenvalue weighted by Crippen LogP contribution is 2.37. The molecule has 0 aromatic heterocycles. The van der Waals surface area contributed by atoms with Crippen LogP contribution in [0.15, 0.2) is 90.6 Å². The first kappa shape index (κ1) is 40.1. The number of nitrogens with one attached hydrogen (secondary N) is 3. The van der Waals surface area contributed by atoms with Crippen LogP contribution in [0.3, 0.4) is 0 Å². The van der Waals surface area contributed by atoms with Gasteiger partial charge in [0.1, 0.15) is 0 Å². The van der Waals surface area contributed by atoms with Gasteiger partial charge < -0.3 is 41.1 Å². The van der Waals surface area contributed by atoms with Crippen LogP contribution in [0.2, 0.25) is 0 Å². The number of likely N-dealkylation sites (N-methyl/N-ethyl adjacent to an activating group) is 1. The van der Waals surface area contributed by atoms with E-state index in [4.69, 9.17) is 20.6 Å². The van der Waals surface area contributed by atoms with Gasteiger partial charge >= 0.3 is 0 Å². The van der Waals surface area contributed by atoms with Gasteiger partial charge in [-0.05, 0) is 67.5 Å². The molecule has 4 amide bonds. The van der Waals surface area contributed by atoms with Gasteiger partial charge in [-0.2, -0.15) is 0 Å². The number of amides is 4. The van der Waals surface area contributed by atoms with Crippen molar-refractivity contribution >= 4 is 29.3 Å². The summed E-state index contributed by atoms with van der Waals surface area (Å²) in [5.41, 5.74) is 8.61. The molecule has 0 radical (unpaired) electrons. The van der Waals surface area contributed by atoms with E-state index in [-0.39, 0.29) is 66.7 Å². The fourth-order valence-electron chi connectivity index (χ4n) is 6.64. The minimum absolute atomic E-state index is 0.0594. The normalized spacial score (nSPS) is 17.9. The number of carbonyl (C=O) groups excluding carboxylic acids is 4. The van der Waals surface area contributed by atoms with Gasteiger partial charge in [0.05, 0.1) is 37.1 Å². The Labute approximate surface area is 312 Å². The van der Waals surface area contributed by atoms with Crippen molar-refractivity contribution in [1.82, 2.24) is 20.4 Å². The van der Waals surface area contributed by atoms with Gasteiger partial charge in [-0.1, -0.05) is 74.0 Å². The molecule has 12 nitrogen and oxygen atoms in total. The summed E-state index contributed by atoms with van der Waals surface area (Å²) in [5, 5.41) is 13.5. The van der Waals surface area contributed by atoms with E-state index in [0.717, 1.165) is 0 Å². The lowest BCUT2D eigenvalue weighted by Gasteiger charge is -2.39. The molecule has 2 aliphatic rings. The fraction of sp³-hybridized carbons (Fsp3) is 0.390. The quantitative estimate of drug-likeness (QED) is 0.162. The van der Waals surface area contributed by atoms with Crippen molar-refractivity contribution in [3.8, 4) is 11.5 Å². The van der Waals surface area contributed by atoms with E-state index in [2.05, 4.69) is 47.9 Å². The fourth-order valence-corrected chi connectivity index (χ4v) is 6.64. The van der Waals surface area contributed by atoms with Gasteiger partial charge in [-0.3, -0.25) is 19.2 Å². The largest absolute Gasteiger partial charge is 0.493 e. The number of hydrogen-bond donors (Lipinski definition) is 4. The molecule has 282 valence electrons. The maximum Gasteiger partial charge on any atom is 0.269 e. The average Bonchev–Trinajstić information content (AvgIpc) is 3.61. The van der Waals surface area contributed by atoms with E-state index in [9.17, 15) is 19.2 Å². The molecule has 0 bridgehead atoms. The van der Waals surface area contributed by atoms with Crippen molar-refractivity contribution in [3.63, 3.8) is 0 Å². The molecule has 5 rings (SSSR count). The molecular weight excluding hydrogens is 672 g/mol. The van der Waals surface area contributed by atoms with Crippen molar-refractivity contribution in [2.24, 2.45) is 23.5 Å². The number of likely N-dealkylation sites (tertiary alicyclic amines) is 2. The maximum absolute atomic E-state index is 13.6. The van der Waals surface area contributed by atoms with Crippen LogP contribution in [0.1, 0.15) is 48.7 Å². The number of allylic oxidation sites excluding steroid dienone is 1. The molecule has 53 heavy (non-hydrogen) atoms. The SMILES string of the molecule is CCCc1ccccc1.CNC(=O)CNC(=O)C1CN(C(=O)/C(N)=C/C(=N)c2ccccc2)CC2CN(C(=O)c3ccc(OC(C)C)c(OC)c3)CC21. The van der Waals surface area contributed by atoms with Gasteiger partial charge in [0.2, 0.25) is 11.8 Å². The van der Waals surface area contributed by atoms with Crippen molar-refractivity contribution in [2.45, 2.75) is 39.7 Å². The first-order valence-electron chi connectivity index (χ1n) is 18.0. The predicted molar refractivity (Wildman–Crippen MR) is 205 cm³/mol. The van der Waals surface area contributed by atoms with Crippen LogP contribution in [0.25, 0.3) is 0 Å². The zero-order valence-corrected chi connectivity index (χ0v) is 31.3. The Kier molecular flexibility index (Phi) is 14.6. The van der Waals surface area contributed by atoms with Crippen LogP contribution in [0.4, 0.5) is 0 Å². The van der Waals surface area contributed by atoms with E-state index >= 15 is 0 Å². The Bertz CT molecular complexity index is 1760. The van der Waals surface area contributed by atoms with E-state index in [1.165, 1.54) is 43.5 Å². The second-order valence-electron chi connectivity index (χ2n) is 13.5. The number of hydrogen-bond acceptors (Lipinski definition) is 8. The van der Waals surface area contributed by atoms with Gasteiger partial charge in [-0.25, -0.2) is 0 Å². The molecular formula is C41H52N6O6. The predicted octanol–water partition coefficient (Wildman–Crippen LogP) is 4.04.